The number of carbonyl (C=O) groups excluding carboxylic acids is 2. The molecule has 2 unspecified atom stereocenters. The molecule has 0 aliphatic carbocycles. The topological polar surface area (TPSA) is 89.5 Å². The lowest BCUT2D eigenvalue weighted by Crippen LogP contribution is -2.17. The second-order valence-electron chi connectivity index (χ2n) is 8.42. The number of carbonyl (C=O) groups is 2. The number of rotatable bonds is 6. The Labute approximate surface area is 240 Å². The van der Waals surface area contributed by atoms with Crippen LogP contribution in [0.3, 0.4) is 0 Å². The van der Waals surface area contributed by atoms with E-state index in [1.54, 1.807) is 36.4 Å². The molecule has 2 aromatic rings. The zero-order valence-corrected chi connectivity index (χ0v) is 24.9. The van der Waals surface area contributed by atoms with E-state index in [1.807, 2.05) is 13.8 Å². The smallest absolute Gasteiger partial charge is 0.176 e. The summed E-state index contributed by atoms with van der Waals surface area (Å²) in [6.07, 6.45) is 1.37. The molecule has 1 heterocycles. The van der Waals surface area contributed by atoms with E-state index in [0.717, 1.165) is 0 Å². The molecular weight excluding hydrogens is 624 g/mol. The predicted molar refractivity (Wildman–Crippen MR) is 151 cm³/mol. The van der Waals surface area contributed by atoms with Crippen LogP contribution in [0.4, 0.5) is 0 Å². The van der Waals surface area contributed by atoms with Crippen molar-refractivity contribution in [2.24, 2.45) is 0 Å². The van der Waals surface area contributed by atoms with Crippen molar-refractivity contribution in [3.05, 3.63) is 47.5 Å². The average molecular weight is 658 g/mol. The second-order valence-corrected chi connectivity index (χ2v) is 10.6. The minimum absolute atomic E-state index is 0.0124. The Morgan fingerprint density at radius 1 is 0.605 bits per heavy atom. The van der Waals surface area contributed by atoms with E-state index in [-0.39, 0.29) is 34.4 Å². The summed E-state index contributed by atoms with van der Waals surface area (Å²) in [5.41, 5.74) is 1.09. The number of hydrogen-bond acceptors (Lipinski definition) is 8. The van der Waals surface area contributed by atoms with Crippen molar-refractivity contribution in [2.75, 3.05) is 52.9 Å². The summed E-state index contributed by atoms with van der Waals surface area (Å²) in [6.45, 7) is 6.31. The molecule has 0 spiro atoms. The molecule has 208 valence electrons. The molecule has 3 rings (SSSR count). The maximum absolute atomic E-state index is 12.6. The third-order valence-corrected chi connectivity index (χ3v) is 7.81. The van der Waals surface area contributed by atoms with Gasteiger partial charge in [-0.15, -0.1) is 0 Å². The van der Waals surface area contributed by atoms with Crippen molar-refractivity contribution in [3.8, 4) is 23.0 Å². The molecule has 0 radical (unpaired) electrons. The number of benzene rings is 2. The number of Topliss-reactive ketones (excluding diaryl/α,β-unsaturated/α-hetero) is 2. The molecule has 0 saturated heterocycles. The van der Waals surface area contributed by atoms with Gasteiger partial charge in [0.25, 0.3) is 0 Å². The fourth-order valence-corrected chi connectivity index (χ4v) is 4.09. The third kappa shape index (κ3) is 8.97. The van der Waals surface area contributed by atoms with Gasteiger partial charge in [-0.05, 0) is 49.2 Å². The highest BCUT2D eigenvalue weighted by atomic mass is 79.9. The highest BCUT2D eigenvalue weighted by Gasteiger charge is 2.19. The molecule has 0 N–H and O–H groups in total. The molecule has 1 aliphatic rings. The van der Waals surface area contributed by atoms with E-state index in [0.29, 0.717) is 86.6 Å². The van der Waals surface area contributed by atoms with Crippen LogP contribution < -0.4 is 18.9 Å². The van der Waals surface area contributed by atoms with Gasteiger partial charge in [-0.1, -0.05) is 45.7 Å². The first-order valence-corrected chi connectivity index (χ1v) is 14.6. The first-order chi connectivity index (χ1) is 18.4. The minimum Gasteiger partial charge on any atom is -0.487 e. The second kappa shape index (κ2) is 16.1. The number of hydrogen-bond donors (Lipinski definition) is 0. The zero-order valence-electron chi connectivity index (χ0n) is 21.7. The van der Waals surface area contributed by atoms with Crippen LogP contribution in [0.15, 0.2) is 36.4 Å². The van der Waals surface area contributed by atoms with Gasteiger partial charge < -0.3 is 28.4 Å². The molecule has 0 bridgehead atoms. The predicted octanol–water partition coefficient (Wildman–Crippen LogP) is 5.66. The normalized spacial score (nSPS) is 16.9. The van der Waals surface area contributed by atoms with Crippen molar-refractivity contribution in [1.82, 2.24) is 0 Å². The van der Waals surface area contributed by atoms with E-state index in [1.165, 1.54) is 0 Å². The maximum Gasteiger partial charge on any atom is 0.176 e. The summed E-state index contributed by atoms with van der Waals surface area (Å²) in [4.78, 5) is 24.7. The van der Waals surface area contributed by atoms with E-state index in [4.69, 9.17) is 28.4 Å². The Kier molecular flexibility index (Phi) is 12.9. The van der Waals surface area contributed by atoms with Gasteiger partial charge in [0.15, 0.2) is 34.6 Å². The molecule has 2 atom stereocenters. The number of ketones is 2. The minimum atomic E-state index is -0.258. The van der Waals surface area contributed by atoms with Crippen LogP contribution in [0.2, 0.25) is 0 Å². The van der Waals surface area contributed by atoms with Crippen molar-refractivity contribution in [3.63, 3.8) is 0 Å². The highest BCUT2D eigenvalue weighted by Crippen LogP contribution is 2.31. The van der Waals surface area contributed by atoms with E-state index < -0.39 is 0 Å². The van der Waals surface area contributed by atoms with Gasteiger partial charge in [-0.3, -0.25) is 9.59 Å². The summed E-state index contributed by atoms with van der Waals surface area (Å²) in [7, 11) is 0. The third-order valence-electron chi connectivity index (χ3n) is 5.68. The van der Waals surface area contributed by atoms with Crippen LogP contribution in [0.1, 0.15) is 47.4 Å². The Balaban J connectivity index is 1.66. The summed E-state index contributed by atoms with van der Waals surface area (Å²) in [6, 6.07) is 10.3. The largest absolute Gasteiger partial charge is 0.487 e. The van der Waals surface area contributed by atoms with Gasteiger partial charge in [0.1, 0.15) is 26.4 Å². The molecule has 0 aromatic heterocycles. The van der Waals surface area contributed by atoms with E-state index >= 15 is 0 Å². The summed E-state index contributed by atoms with van der Waals surface area (Å²) >= 11 is 6.84. The van der Waals surface area contributed by atoms with Crippen LogP contribution in [0.25, 0.3) is 0 Å². The van der Waals surface area contributed by atoms with E-state index in [2.05, 4.69) is 31.9 Å². The molecule has 0 amide bonds. The summed E-state index contributed by atoms with van der Waals surface area (Å²) < 4.78 is 34.9. The zero-order chi connectivity index (χ0) is 27.3. The first-order valence-electron chi connectivity index (χ1n) is 12.8. The Morgan fingerprint density at radius 3 is 1.29 bits per heavy atom. The molecule has 10 heteroatoms. The van der Waals surface area contributed by atoms with Gasteiger partial charge in [0, 0.05) is 11.1 Å². The standard InChI is InChI=1S/C28H34Br2O8/c1-3-21(29)27(31)19-5-7-23-25(17-19)37-15-11-34-12-16-38-26-18-20(28(32)22(30)4-2)6-8-24(26)36-14-10-33-9-13-35-23/h5-8,17-18,21-22H,3-4,9-16H2,1-2H3. The Bertz CT molecular complexity index is 980. The van der Waals surface area contributed by atoms with Crippen LogP contribution in [-0.4, -0.2) is 74.1 Å². The molecule has 2 aromatic carbocycles. The van der Waals surface area contributed by atoms with Crippen molar-refractivity contribution in [1.29, 1.82) is 0 Å². The van der Waals surface area contributed by atoms with Crippen molar-refractivity contribution < 1.29 is 38.0 Å². The fraction of sp³-hybridized carbons (Fsp3) is 0.500. The van der Waals surface area contributed by atoms with Gasteiger partial charge >= 0.3 is 0 Å². The first kappa shape index (κ1) is 30.4. The number of fused-ring (bicyclic) bond motifs is 2. The number of ether oxygens (including phenoxy) is 6. The quantitative estimate of drug-likeness (QED) is 0.290. The molecule has 38 heavy (non-hydrogen) atoms. The highest BCUT2D eigenvalue weighted by molar-refractivity contribution is 9.10. The number of alkyl halides is 2. The maximum atomic E-state index is 12.6. The molecule has 1 aliphatic heterocycles. The molecule has 8 nitrogen and oxygen atoms in total. The van der Waals surface area contributed by atoms with E-state index in [9.17, 15) is 9.59 Å². The van der Waals surface area contributed by atoms with Crippen molar-refractivity contribution in [2.45, 2.75) is 36.3 Å². The molecule has 0 saturated carbocycles. The van der Waals surface area contributed by atoms with Gasteiger partial charge in [0.05, 0.1) is 36.1 Å². The van der Waals surface area contributed by atoms with Crippen LogP contribution >= 0.6 is 31.9 Å². The Morgan fingerprint density at radius 2 is 0.947 bits per heavy atom. The average Bonchev–Trinajstić information content (AvgIpc) is 2.94. The molecule has 0 fully saturated rings. The van der Waals surface area contributed by atoms with Crippen molar-refractivity contribution >= 4 is 43.4 Å². The SMILES string of the molecule is CCC(Br)C(=O)c1ccc2c(c1)OCCOCCOc1cc(C(=O)C(Br)CC)ccc1OCCOCCO2. The summed E-state index contributed by atoms with van der Waals surface area (Å²) in [5.74, 6) is 1.98. The number of halogens is 2. The fourth-order valence-electron chi connectivity index (χ4n) is 3.57. The van der Waals surface area contributed by atoms with Gasteiger partial charge in [-0.2, -0.15) is 0 Å². The summed E-state index contributed by atoms with van der Waals surface area (Å²) in [5, 5.41) is 0. The lowest BCUT2D eigenvalue weighted by atomic mass is 10.1. The lowest BCUT2D eigenvalue weighted by molar-refractivity contribution is 0.0639. The van der Waals surface area contributed by atoms with Gasteiger partial charge in [-0.25, -0.2) is 0 Å². The Hall–Kier alpha value is -2.14. The molecular formula is C28H34Br2O8. The van der Waals surface area contributed by atoms with Gasteiger partial charge in [0.2, 0.25) is 0 Å². The van der Waals surface area contributed by atoms with Crippen LogP contribution in [-0.2, 0) is 9.47 Å². The monoisotopic (exact) mass is 656 g/mol. The van der Waals surface area contributed by atoms with Crippen LogP contribution in [0, 0.1) is 0 Å². The van der Waals surface area contributed by atoms with Crippen LogP contribution in [0.5, 0.6) is 23.0 Å². The lowest BCUT2D eigenvalue weighted by Gasteiger charge is -2.17.